The molecule has 0 saturated carbocycles. The first-order valence-electron chi connectivity index (χ1n) is 7.48. The average molecular weight is 382 g/mol. The lowest BCUT2D eigenvalue weighted by Gasteiger charge is -2.12. The SMILES string of the molecule is COc1ccc(C(=O)Nc2ccccc2-c2ccccc2)cc1Br. The minimum atomic E-state index is -0.165. The van der Waals surface area contributed by atoms with Gasteiger partial charge < -0.3 is 10.1 Å². The molecule has 0 aromatic heterocycles. The topological polar surface area (TPSA) is 38.3 Å². The molecule has 0 heterocycles. The first-order chi connectivity index (χ1) is 11.7. The number of para-hydroxylation sites is 1. The molecule has 0 saturated heterocycles. The molecule has 0 atom stereocenters. The van der Waals surface area contributed by atoms with Crippen molar-refractivity contribution in [2.45, 2.75) is 0 Å². The van der Waals surface area contributed by atoms with Gasteiger partial charge >= 0.3 is 0 Å². The summed E-state index contributed by atoms with van der Waals surface area (Å²) >= 11 is 3.41. The van der Waals surface area contributed by atoms with Crippen LogP contribution in [-0.2, 0) is 0 Å². The van der Waals surface area contributed by atoms with E-state index in [1.165, 1.54) is 0 Å². The summed E-state index contributed by atoms with van der Waals surface area (Å²) < 4.78 is 5.94. The summed E-state index contributed by atoms with van der Waals surface area (Å²) in [5.41, 5.74) is 3.38. The van der Waals surface area contributed by atoms with Gasteiger partial charge in [-0.1, -0.05) is 48.5 Å². The molecule has 0 aliphatic heterocycles. The van der Waals surface area contributed by atoms with Gasteiger partial charge in [-0.3, -0.25) is 4.79 Å². The summed E-state index contributed by atoms with van der Waals surface area (Å²) in [6.07, 6.45) is 0. The smallest absolute Gasteiger partial charge is 0.255 e. The van der Waals surface area contributed by atoms with E-state index in [1.807, 2.05) is 54.6 Å². The van der Waals surface area contributed by atoms with E-state index < -0.39 is 0 Å². The van der Waals surface area contributed by atoms with Crippen LogP contribution in [0.15, 0.2) is 77.3 Å². The van der Waals surface area contributed by atoms with Crippen molar-refractivity contribution in [3.8, 4) is 16.9 Å². The van der Waals surface area contributed by atoms with Crippen LogP contribution in [0.4, 0.5) is 5.69 Å². The molecule has 0 aliphatic rings. The highest BCUT2D eigenvalue weighted by molar-refractivity contribution is 9.10. The van der Waals surface area contributed by atoms with Gasteiger partial charge in [-0.05, 0) is 45.8 Å². The van der Waals surface area contributed by atoms with Crippen LogP contribution in [0, 0.1) is 0 Å². The Morgan fingerprint density at radius 1 is 0.958 bits per heavy atom. The van der Waals surface area contributed by atoms with Crippen molar-refractivity contribution < 1.29 is 9.53 Å². The van der Waals surface area contributed by atoms with E-state index in [9.17, 15) is 4.79 Å². The lowest BCUT2D eigenvalue weighted by atomic mass is 10.0. The van der Waals surface area contributed by atoms with Gasteiger partial charge in [-0.15, -0.1) is 0 Å². The maximum absolute atomic E-state index is 12.6. The minimum absolute atomic E-state index is 0.165. The van der Waals surface area contributed by atoms with E-state index in [0.717, 1.165) is 21.3 Å². The molecule has 120 valence electrons. The van der Waals surface area contributed by atoms with Crippen molar-refractivity contribution in [1.29, 1.82) is 0 Å². The molecule has 4 heteroatoms. The van der Waals surface area contributed by atoms with Gasteiger partial charge in [0.25, 0.3) is 5.91 Å². The monoisotopic (exact) mass is 381 g/mol. The van der Waals surface area contributed by atoms with E-state index in [1.54, 1.807) is 25.3 Å². The second-order valence-corrected chi connectivity index (χ2v) is 6.07. The summed E-state index contributed by atoms with van der Waals surface area (Å²) in [5.74, 6) is 0.526. The van der Waals surface area contributed by atoms with Crippen molar-refractivity contribution in [2.75, 3.05) is 12.4 Å². The molecule has 24 heavy (non-hydrogen) atoms. The number of ether oxygens (including phenoxy) is 1. The highest BCUT2D eigenvalue weighted by atomic mass is 79.9. The Morgan fingerprint density at radius 3 is 2.38 bits per heavy atom. The zero-order chi connectivity index (χ0) is 16.9. The average Bonchev–Trinajstić information content (AvgIpc) is 2.63. The molecule has 1 N–H and O–H groups in total. The van der Waals surface area contributed by atoms with Gasteiger partial charge in [-0.2, -0.15) is 0 Å². The van der Waals surface area contributed by atoms with Crippen molar-refractivity contribution in [3.63, 3.8) is 0 Å². The number of methoxy groups -OCH3 is 1. The maximum atomic E-state index is 12.6. The van der Waals surface area contributed by atoms with E-state index in [0.29, 0.717) is 11.3 Å². The van der Waals surface area contributed by atoms with E-state index >= 15 is 0 Å². The number of hydrogen-bond acceptors (Lipinski definition) is 2. The molecular weight excluding hydrogens is 366 g/mol. The molecule has 3 nitrogen and oxygen atoms in total. The maximum Gasteiger partial charge on any atom is 0.255 e. The Kier molecular flexibility index (Phi) is 4.96. The Morgan fingerprint density at radius 2 is 1.67 bits per heavy atom. The molecule has 0 fully saturated rings. The number of rotatable bonds is 4. The third-order valence-corrected chi connectivity index (χ3v) is 4.29. The van der Waals surface area contributed by atoms with Crippen LogP contribution < -0.4 is 10.1 Å². The minimum Gasteiger partial charge on any atom is -0.496 e. The number of amides is 1. The summed E-state index contributed by atoms with van der Waals surface area (Å²) in [7, 11) is 1.59. The van der Waals surface area contributed by atoms with E-state index in [4.69, 9.17) is 4.74 Å². The Balaban J connectivity index is 1.89. The zero-order valence-corrected chi connectivity index (χ0v) is 14.7. The Labute approximate surface area is 149 Å². The van der Waals surface area contributed by atoms with Gasteiger partial charge in [-0.25, -0.2) is 0 Å². The first-order valence-corrected chi connectivity index (χ1v) is 8.27. The van der Waals surface area contributed by atoms with Gasteiger partial charge in [0, 0.05) is 16.8 Å². The molecular formula is C20H16BrNO2. The number of halogens is 1. The fourth-order valence-electron chi connectivity index (χ4n) is 2.46. The third kappa shape index (κ3) is 3.49. The first kappa shape index (κ1) is 16.3. The summed E-state index contributed by atoms with van der Waals surface area (Å²) in [5, 5.41) is 2.99. The number of nitrogens with one attached hydrogen (secondary N) is 1. The highest BCUT2D eigenvalue weighted by Crippen LogP contribution is 2.29. The molecule has 1 amide bonds. The second kappa shape index (κ2) is 7.32. The predicted molar refractivity (Wildman–Crippen MR) is 101 cm³/mol. The van der Waals surface area contributed by atoms with Crippen LogP contribution in [-0.4, -0.2) is 13.0 Å². The van der Waals surface area contributed by atoms with Crippen molar-refractivity contribution in [3.05, 3.63) is 82.8 Å². The van der Waals surface area contributed by atoms with Crippen molar-refractivity contribution in [2.24, 2.45) is 0 Å². The van der Waals surface area contributed by atoms with Crippen LogP contribution in [0.3, 0.4) is 0 Å². The van der Waals surface area contributed by atoms with Gasteiger partial charge in [0.05, 0.1) is 11.6 Å². The summed E-state index contributed by atoms with van der Waals surface area (Å²) in [6, 6.07) is 23.0. The van der Waals surface area contributed by atoms with Crippen LogP contribution in [0.25, 0.3) is 11.1 Å². The van der Waals surface area contributed by atoms with E-state index in [-0.39, 0.29) is 5.91 Å². The van der Waals surface area contributed by atoms with E-state index in [2.05, 4.69) is 21.2 Å². The lowest BCUT2D eigenvalue weighted by Crippen LogP contribution is -2.12. The zero-order valence-electron chi connectivity index (χ0n) is 13.1. The Hall–Kier alpha value is -2.59. The van der Waals surface area contributed by atoms with Crippen molar-refractivity contribution >= 4 is 27.5 Å². The second-order valence-electron chi connectivity index (χ2n) is 5.22. The van der Waals surface area contributed by atoms with Gasteiger partial charge in [0.15, 0.2) is 0 Å². The van der Waals surface area contributed by atoms with Crippen LogP contribution in [0.1, 0.15) is 10.4 Å². The molecule has 0 unspecified atom stereocenters. The summed E-state index contributed by atoms with van der Waals surface area (Å²) in [4.78, 5) is 12.6. The number of carbonyl (C=O) groups is 1. The molecule has 0 radical (unpaired) electrons. The molecule has 3 aromatic carbocycles. The Bertz CT molecular complexity index is 863. The lowest BCUT2D eigenvalue weighted by molar-refractivity contribution is 0.102. The van der Waals surface area contributed by atoms with Gasteiger partial charge in [0.1, 0.15) is 5.75 Å². The van der Waals surface area contributed by atoms with Gasteiger partial charge in [0.2, 0.25) is 0 Å². The molecule has 0 spiro atoms. The van der Waals surface area contributed by atoms with Crippen LogP contribution in [0.2, 0.25) is 0 Å². The number of benzene rings is 3. The predicted octanol–water partition coefficient (Wildman–Crippen LogP) is 5.38. The largest absolute Gasteiger partial charge is 0.496 e. The fourth-order valence-corrected chi connectivity index (χ4v) is 3.00. The fraction of sp³-hybridized carbons (Fsp3) is 0.0500. The molecule has 0 aliphatic carbocycles. The number of anilines is 1. The van der Waals surface area contributed by atoms with Crippen molar-refractivity contribution in [1.82, 2.24) is 0 Å². The molecule has 3 aromatic rings. The van der Waals surface area contributed by atoms with Crippen LogP contribution in [0.5, 0.6) is 5.75 Å². The quantitative estimate of drug-likeness (QED) is 0.658. The summed E-state index contributed by atoms with van der Waals surface area (Å²) in [6.45, 7) is 0. The number of hydrogen-bond donors (Lipinski definition) is 1. The number of carbonyl (C=O) groups excluding carboxylic acids is 1. The standard InChI is InChI=1S/C20H16BrNO2/c1-24-19-12-11-15(13-17(19)21)20(23)22-18-10-6-5-9-16(18)14-7-3-2-4-8-14/h2-13H,1H3,(H,22,23). The third-order valence-electron chi connectivity index (χ3n) is 3.67. The molecule has 0 bridgehead atoms. The normalized spacial score (nSPS) is 10.2. The van der Waals surface area contributed by atoms with Crippen LogP contribution >= 0.6 is 15.9 Å². The molecule has 3 rings (SSSR count). The highest BCUT2D eigenvalue weighted by Gasteiger charge is 2.12.